The van der Waals surface area contributed by atoms with Gasteiger partial charge in [0.15, 0.2) is 0 Å². The van der Waals surface area contributed by atoms with Crippen LogP contribution in [0.3, 0.4) is 0 Å². The molecule has 2 aromatic rings. The molecule has 36 heavy (non-hydrogen) atoms. The van der Waals surface area contributed by atoms with Gasteiger partial charge in [-0.3, -0.25) is 9.59 Å². The summed E-state index contributed by atoms with van der Waals surface area (Å²) in [6.07, 6.45) is 3.50. The van der Waals surface area contributed by atoms with E-state index in [1.807, 2.05) is 35.2 Å². The highest BCUT2D eigenvalue weighted by Crippen LogP contribution is 2.27. The van der Waals surface area contributed by atoms with Crippen molar-refractivity contribution in [1.82, 2.24) is 9.80 Å². The highest BCUT2D eigenvalue weighted by Gasteiger charge is 2.42. The van der Waals surface area contributed by atoms with Gasteiger partial charge in [0.05, 0.1) is 25.7 Å². The third kappa shape index (κ3) is 7.45. The van der Waals surface area contributed by atoms with Gasteiger partial charge in [0.1, 0.15) is 18.0 Å². The number of morpholine rings is 1. The third-order valence-corrected chi connectivity index (χ3v) is 7.03. The lowest BCUT2D eigenvalue weighted by molar-refractivity contribution is -0.166. The maximum Gasteiger partial charge on any atom is 0.225 e. The van der Waals surface area contributed by atoms with Crippen LogP contribution in [0.25, 0.3) is 0 Å². The minimum Gasteiger partial charge on any atom is -0.490 e. The molecule has 0 bridgehead atoms. The van der Waals surface area contributed by atoms with E-state index in [9.17, 15) is 9.59 Å². The molecule has 0 aliphatic carbocycles. The molecule has 0 saturated carbocycles. The predicted octanol–water partition coefficient (Wildman–Crippen LogP) is 4.32. The largest absolute Gasteiger partial charge is 0.490 e. The molecule has 2 aliphatic heterocycles. The molecule has 2 heterocycles. The lowest BCUT2D eigenvalue weighted by atomic mass is 9.96. The number of carbonyl (C=O) groups excluding carboxylic acids is 2. The quantitative estimate of drug-likeness (QED) is 0.472. The Bertz CT molecular complexity index is 997. The average Bonchev–Trinajstić information content (AvgIpc) is 3.41. The monoisotopic (exact) mass is 514 g/mol. The number of ether oxygens (including phenoxy) is 3. The number of carbonyl (C=O) groups is 2. The molecular formula is C28H35ClN2O5. The van der Waals surface area contributed by atoms with Gasteiger partial charge in [-0.05, 0) is 49.1 Å². The van der Waals surface area contributed by atoms with Gasteiger partial charge in [-0.15, -0.1) is 0 Å². The van der Waals surface area contributed by atoms with Crippen LogP contribution < -0.4 is 4.74 Å². The van der Waals surface area contributed by atoms with Gasteiger partial charge >= 0.3 is 0 Å². The lowest BCUT2D eigenvalue weighted by Gasteiger charge is -2.42. The van der Waals surface area contributed by atoms with Crippen LogP contribution in [0.1, 0.15) is 37.7 Å². The maximum atomic E-state index is 13.3. The smallest absolute Gasteiger partial charge is 0.225 e. The van der Waals surface area contributed by atoms with Crippen LogP contribution in [-0.4, -0.2) is 73.3 Å². The summed E-state index contributed by atoms with van der Waals surface area (Å²) in [7, 11) is 1.79. The number of hydrogen-bond acceptors (Lipinski definition) is 5. The molecule has 2 saturated heterocycles. The van der Waals surface area contributed by atoms with Crippen molar-refractivity contribution in [2.75, 3.05) is 40.0 Å². The summed E-state index contributed by atoms with van der Waals surface area (Å²) in [5, 5.41) is 0.617. The van der Waals surface area contributed by atoms with E-state index in [0.29, 0.717) is 43.4 Å². The number of hydrogen-bond donors (Lipinski definition) is 0. The van der Waals surface area contributed by atoms with E-state index in [0.717, 1.165) is 31.4 Å². The zero-order valence-corrected chi connectivity index (χ0v) is 21.6. The molecule has 2 aromatic carbocycles. The Hall–Kier alpha value is -2.61. The summed E-state index contributed by atoms with van der Waals surface area (Å²) in [6, 6.07) is 16.9. The fourth-order valence-corrected chi connectivity index (χ4v) is 4.85. The standard InChI is InChI=1S/C28H35ClN2O5/c1-30(19-22-6-3-2-4-7-22)27(33)18-28(21-35-25-11-9-23(29)10-12-25)20-31(15-17-36-28)26(32)14-13-24-8-5-16-34-24/h2-4,6-7,9-12,24H,5,8,13-21H2,1H3. The summed E-state index contributed by atoms with van der Waals surface area (Å²) in [4.78, 5) is 29.9. The molecule has 2 aliphatic rings. The van der Waals surface area contributed by atoms with Crippen molar-refractivity contribution in [1.29, 1.82) is 0 Å². The van der Waals surface area contributed by atoms with Crippen LogP contribution in [0.5, 0.6) is 5.75 Å². The van der Waals surface area contributed by atoms with Crippen LogP contribution >= 0.6 is 11.6 Å². The van der Waals surface area contributed by atoms with E-state index < -0.39 is 5.60 Å². The molecule has 0 N–H and O–H groups in total. The molecule has 2 atom stereocenters. The molecule has 4 rings (SSSR count). The second-order valence-corrected chi connectivity index (χ2v) is 10.1. The van der Waals surface area contributed by atoms with Crippen molar-refractivity contribution in [2.24, 2.45) is 0 Å². The van der Waals surface area contributed by atoms with E-state index in [1.54, 1.807) is 36.2 Å². The second kappa shape index (κ2) is 12.6. The Morgan fingerprint density at radius 3 is 2.64 bits per heavy atom. The Morgan fingerprint density at radius 2 is 1.92 bits per heavy atom. The first-order chi connectivity index (χ1) is 17.4. The third-order valence-electron chi connectivity index (χ3n) is 6.78. The lowest BCUT2D eigenvalue weighted by Crippen LogP contribution is -2.58. The Labute approximate surface area is 218 Å². The topological polar surface area (TPSA) is 68.3 Å². The van der Waals surface area contributed by atoms with Crippen molar-refractivity contribution in [3.05, 3.63) is 65.2 Å². The number of rotatable bonds is 10. The van der Waals surface area contributed by atoms with Crippen LogP contribution in [0.4, 0.5) is 0 Å². The van der Waals surface area contributed by atoms with Crippen LogP contribution in [0, 0.1) is 0 Å². The maximum absolute atomic E-state index is 13.3. The minimum absolute atomic E-state index is 0.0628. The molecule has 0 aromatic heterocycles. The summed E-state index contributed by atoms with van der Waals surface area (Å²) >= 11 is 6.01. The van der Waals surface area contributed by atoms with Crippen LogP contribution in [0.2, 0.25) is 5.02 Å². The minimum atomic E-state index is -0.945. The van der Waals surface area contributed by atoms with Crippen molar-refractivity contribution >= 4 is 23.4 Å². The van der Waals surface area contributed by atoms with Crippen molar-refractivity contribution in [3.63, 3.8) is 0 Å². The van der Waals surface area contributed by atoms with Gasteiger partial charge in [0, 0.05) is 38.2 Å². The van der Waals surface area contributed by atoms with E-state index in [4.69, 9.17) is 25.8 Å². The molecular weight excluding hydrogens is 480 g/mol. The Morgan fingerprint density at radius 1 is 1.14 bits per heavy atom. The van der Waals surface area contributed by atoms with Gasteiger partial charge < -0.3 is 24.0 Å². The number of benzene rings is 2. The summed E-state index contributed by atoms with van der Waals surface area (Å²) < 4.78 is 18.0. The van der Waals surface area contributed by atoms with Gasteiger partial charge in [-0.1, -0.05) is 41.9 Å². The van der Waals surface area contributed by atoms with E-state index in [1.165, 1.54) is 0 Å². The zero-order valence-electron chi connectivity index (χ0n) is 20.9. The number of amides is 2. The first-order valence-corrected chi connectivity index (χ1v) is 13.0. The highest BCUT2D eigenvalue weighted by atomic mass is 35.5. The molecule has 0 radical (unpaired) electrons. The first kappa shape index (κ1) is 26.5. The summed E-state index contributed by atoms with van der Waals surface area (Å²) in [5.41, 5.74) is 0.106. The van der Waals surface area contributed by atoms with Gasteiger partial charge in [0.25, 0.3) is 0 Å². The molecule has 2 unspecified atom stereocenters. The molecule has 8 heteroatoms. The average molecular weight is 515 g/mol. The first-order valence-electron chi connectivity index (χ1n) is 12.6. The highest BCUT2D eigenvalue weighted by molar-refractivity contribution is 6.30. The van der Waals surface area contributed by atoms with E-state index in [2.05, 4.69) is 0 Å². The Kier molecular flexibility index (Phi) is 9.24. The fourth-order valence-electron chi connectivity index (χ4n) is 4.72. The normalized spacial score (nSPS) is 21.8. The van der Waals surface area contributed by atoms with Gasteiger partial charge in [-0.2, -0.15) is 0 Å². The molecule has 7 nitrogen and oxygen atoms in total. The fraction of sp³-hybridized carbons (Fsp3) is 0.500. The van der Waals surface area contributed by atoms with Crippen molar-refractivity contribution < 1.29 is 23.8 Å². The molecule has 0 spiro atoms. The van der Waals surface area contributed by atoms with Crippen LogP contribution in [-0.2, 0) is 25.6 Å². The van der Waals surface area contributed by atoms with Crippen molar-refractivity contribution in [2.45, 2.75) is 50.4 Å². The summed E-state index contributed by atoms with van der Waals surface area (Å²) in [5.74, 6) is 0.635. The SMILES string of the molecule is CN(Cc1ccccc1)C(=O)CC1(COc2ccc(Cl)cc2)CN(C(=O)CCC2CCCO2)CCO1. The predicted molar refractivity (Wildman–Crippen MR) is 138 cm³/mol. The zero-order chi connectivity index (χ0) is 25.4. The Balaban J connectivity index is 1.43. The van der Waals surface area contributed by atoms with E-state index in [-0.39, 0.29) is 30.9 Å². The molecule has 194 valence electrons. The number of halogens is 1. The molecule has 2 fully saturated rings. The summed E-state index contributed by atoms with van der Waals surface area (Å²) in [6.45, 7) is 2.58. The van der Waals surface area contributed by atoms with Crippen LogP contribution in [0.15, 0.2) is 54.6 Å². The van der Waals surface area contributed by atoms with Crippen molar-refractivity contribution in [3.8, 4) is 5.75 Å². The second-order valence-electron chi connectivity index (χ2n) is 9.68. The number of nitrogens with zero attached hydrogens (tertiary/aromatic N) is 2. The van der Waals surface area contributed by atoms with E-state index >= 15 is 0 Å². The van der Waals surface area contributed by atoms with Gasteiger partial charge in [-0.25, -0.2) is 0 Å². The molecule has 2 amide bonds. The van der Waals surface area contributed by atoms with Gasteiger partial charge in [0.2, 0.25) is 11.8 Å².